The number of hydrogen-bond acceptors (Lipinski definition) is 3. The minimum absolute atomic E-state index is 0.114. The molecule has 0 bridgehead atoms. The topological polar surface area (TPSA) is 38.3 Å². The molecule has 3 aromatic carbocycles. The van der Waals surface area contributed by atoms with Crippen LogP contribution in [-0.4, -0.2) is 10.9 Å². The minimum Gasteiger partial charge on any atom is -0.489 e. The summed E-state index contributed by atoms with van der Waals surface area (Å²) in [5.74, 6) is 0.658. The molecule has 0 unspecified atom stereocenters. The second kappa shape index (κ2) is 7.10. The average molecular weight is 359 g/mol. The van der Waals surface area contributed by atoms with Crippen LogP contribution in [0.4, 0.5) is 0 Å². The first kappa shape index (κ1) is 16.5. The number of thiocarbonyl (C=S) groups is 1. The second-order valence-corrected chi connectivity index (χ2v) is 6.72. The molecule has 0 spiro atoms. The van der Waals surface area contributed by atoms with E-state index in [2.05, 4.69) is 29.6 Å². The number of nitrogens with one attached hydrogen (secondary N) is 1. The average Bonchev–Trinajstić information content (AvgIpc) is 2.97. The number of carbonyl (C=O) groups excluding carboxylic acids is 1. The molecule has 3 nitrogen and oxygen atoms in total. The molecule has 128 valence electrons. The molecule has 4 heteroatoms. The van der Waals surface area contributed by atoms with Crippen LogP contribution in [0.2, 0.25) is 0 Å². The SMILES string of the molecule is O=C1NC(=S)C/C1=C\c1cccc(OCc2cccc3ccccc23)c1. The second-order valence-electron chi connectivity index (χ2n) is 6.22. The molecule has 0 aromatic heterocycles. The van der Waals surface area contributed by atoms with Gasteiger partial charge < -0.3 is 10.1 Å². The molecule has 0 radical (unpaired) electrons. The molecule has 1 amide bonds. The Balaban J connectivity index is 1.53. The molecule has 1 aliphatic rings. The van der Waals surface area contributed by atoms with E-state index in [1.165, 1.54) is 10.8 Å². The summed E-state index contributed by atoms with van der Waals surface area (Å²) in [6.45, 7) is 0.492. The van der Waals surface area contributed by atoms with E-state index < -0.39 is 0 Å². The van der Waals surface area contributed by atoms with Gasteiger partial charge in [-0.3, -0.25) is 4.79 Å². The third-order valence-electron chi connectivity index (χ3n) is 4.37. The number of carbonyl (C=O) groups is 1. The fourth-order valence-corrected chi connectivity index (χ4v) is 3.34. The van der Waals surface area contributed by atoms with Crippen molar-refractivity contribution in [1.29, 1.82) is 0 Å². The first-order valence-corrected chi connectivity index (χ1v) is 8.84. The highest BCUT2D eigenvalue weighted by Crippen LogP contribution is 2.23. The van der Waals surface area contributed by atoms with Crippen LogP contribution in [0.25, 0.3) is 16.8 Å². The Kier molecular flexibility index (Phi) is 4.50. The summed E-state index contributed by atoms with van der Waals surface area (Å²) in [7, 11) is 0. The van der Waals surface area contributed by atoms with E-state index in [4.69, 9.17) is 17.0 Å². The van der Waals surface area contributed by atoms with Gasteiger partial charge in [-0.2, -0.15) is 0 Å². The zero-order valence-electron chi connectivity index (χ0n) is 14.1. The largest absolute Gasteiger partial charge is 0.489 e. The van der Waals surface area contributed by atoms with Gasteiger partial charge in [-0.25, -0.2) is 0 Å². The molecular formula is C22H17NO2S. The number of ether oxygens (including phenoxy) is 1. The highest BCUT2D eigenvalue weighted by molar-refractivity contribution is 7.80. The van der Waals surface area contributed by atoms with Crippen molar-refractivity contribution in [3.63, 3.8) is 0 Å². The van der Waals surface area contributed by atoms with Crippen LogP contribution in [0.1, 0.15) is 17.5 Å². The predicted molar refractivity (Wildman–Crippen MR) is 108 cm³/mol. The summed E-state index contributed by atoms with van der Waals surface area (Å²) in [6.07, 6.45) is 2.36. The number of hydrogen-bond donors (Lipinski definition) is 1. The van der Waals surface area contributed by atoms with Crippen molar-refractivity contribution in [1.82, 2.24) is 5.32 Å². The Morgan fingerprint density at radius 1 is 1.04 bits per heavy atom. The monoisotopic (exact) mass is 359 g/mol. The standard InChI is InChI=1S/C22H17NO2S/c24-22-18(13-21(26)23-22)11-15-5-3-9-19(12-15)25-14-17-8-4-7-16-6-1-2-10-20(16)17/h1-12H,13-14H2,(H,23,24,26)/b18-11+. The summed E-state index contributed by atoms with van der Waals surface area (Å²) in [4.78, 5) is 12.4. The van der Waals surface area contributed by atoms with Crippen LogP contribution in [0.15, 0.2) is 72.3 Å². The van der Waals surface area contributed by atoms with E-state index in [0.29, 0.717) is 23.6 Å². The van der Waals surface area contributed by atoms with Crippen LogP contribution in [0.3, 0.4) is 0 Å². The molecule has 0 saturated carbocycles. The highest BCUT2D eigenvalue weighted by Gasteiger charge is 2.20. The molecule has 3 aromatic rings. The maximum Gasteiger partial charge on any atom is 0.252 e. The molecular weight excluding hydrogens is 342 g/mol. The summed E-state index contributed by atoms with van der Waals surface area (Å²) >= 11 is 5.05. The third kappa shape index (κ3) is 3.51. The lowest BCUT2D eigenvalue weighted by atomic mass is 10.1. The number of fused-ring (bicyclic) bond motifs is 1. The predicted octanol–water partition coefficient (Wildman–Crippen LogP) is 4.65. The van der Waals surface area contributed by atoms with Crippen molar-refractivity contribution in [3.8, 4) is 5.75 Å². The zero-order chi connectivity index (χ0) is 17.9. The highest BCUT2D eigenvalue weighted by atomic mass is 32.1. The van der Waals surface area contributed by atoms with Gasteiger partial charge >= 0.3 is 0 Å². The van der Waals surface area contributed by atoms with Crippen molar-refractivity contribution in [3.05, 3.63) is 83.4 Å². The quantitative estimate of drug-likeness (QED) is 0.544. The number of amides is 1. The van der Waals surface area contributed by atoms with E-state index in [0.717, 1.165) is 16.9 Å². The van der Waals surface area contributed by atoms with Gasteiger partial charge in [0.1, 0.15) is 12.4 Å². The lowest BCUT2D eigenvalue weighted by molar-refractivity contribution is -0.115. The number of benzene rings is 3. The van der Waals surface area contributed by atoms with Crippen LogP contribution in [-0.2, 0) is 11.4 Å². The maximum absolute atomic E-state index is 11.8. The van der Waals surface area contributed by atoms with Crippen molar-refractivity contribution in [2.75, 3.05) is 0 Å². The van der Waals surface area contributed by atoms with E-state index in [1.54, 1.807) is 0 Å². The van der Waals surface area contributed by atoms with Crippen molar-refractivity contribution < 1.29 is 9.53 Å². The summed E-state index contributed by atoms with van der Waals surface area (Å²) in [6, 6.07) is 22.2. The van der Waals surface area contributed by atoms with Gasteiger partial charge in [-0.05, 0) is 40.1 Å². The fourth-order valence-electron chi connectivity index (χ4n) is 3.10. The molecule has 1 fully saturated rings. The molecule has 0 atom stereocenters. The van der Waals surface area contributed by atoms with E-state index in [-0.39, 0.29) is 5.91 Å². The minimum atomic E-state index is -0.114. The number of rotatable bonds is 4. The van der Waals surface area contributed by atoms with Crippen molar-refractivity contribution in [2.24, 2.45) is 0 Å². The Morgan fingerprint density at radius 3 is 2.69 bits per heavy atom. The molecule has 26 heavy (non-hydrogen) atoms. The summed E-state index contributed by atoms with van der Waals surface area (Å²) in [5, 5.41) is 5.06. The van der Waals surface area contributed by atoms with Crippen LogP contribution < -0.4 is 10.1 Å². The van der Waals surface area contributed by atoms with E-state index in [9.17, 15) is 4.79 Å². The van der Waals surface area contributed by atoms with Crippen LogP contribution >= 0.6 is 12.2 Å². The van der Waals surface area contributed by atoms with Gasteiger partial charge in [-0.15, -0.1) is 0 Å². The first-order chi connectivity index (χ1) is 12.7. The molecule has 1 N–H and O–H groups in total. The summed E-state index contributed by atoms with van der Waals surface area (Å²) in [5.41, 5.74) is 2.75. The van der Waals surface area contributed by atoms with E-state index in [1.807, 2.05) is 48.5 Å². The molecule has 1 heterocycles. The third-order valence-corrected chi connectivity index (χ3v) is 4.62. The van der Waals surface area contributed by atoms with Gasteiger partial charge in [0.25, 0.3) is 5.91 Å². The zero-order valence-corrected chi connectivity index (χ0v) is 14.9. The van der Waals surface area contributed by atoms with Gasteiger partial charge in [0.05, 0.1) is 4.99 Å². The van der Waals surface area contributed by atoms with E-state index >= 15 is 0 Å². The molecule has 0 aliphatic carbocycles. The Labute approximate surface area is 157 Å². The van der Waals surface area contributed by atoms with Gasteiger partial charge in [0.2, 0.25) is 0 Å². The van der Waals surface area contributed by atoms with Crippen LogP contribution in [0, 0.1) is 0 Å². The van der Waals surface area contributed by atoms with Gasteiger partial charge in [0, 0.05) is 12.0 Å². The van der Waals surface area contributed by atoms with Gasteiger partial charge in [-0.1, -0.05) is 66.8 Å². The molecule has 4 rings (SSSR count). The Morgan fingerprint density at radius 2 is 1.85 bits per heavy atom. The molecule has 1 aliphatic heterocycles. The maximum atomic E-state index is 11.8. The lowest BCUT2D eigenvalue weighted by Gasteiger charge is -2.10. The fraction of sp³-hybridized carbons (Fsp3) is 0.0909. The van der Waals surface area contributed by atoms with Crippen molar-refractivity contribution >= 4 is 40.0 Å². The van der Waals surface area contributed by atoms with Crippen LogP contribution in [0.5, 0.6) is 5.75 Å². The Bertz CT molecular complexity index is 1030. The lowest BCUT2D eigenvalue weighted by Crippen LogP contribution is -2.17. The first-order valence-electron chi connectivity index (χ1n) is 8.43. The smallest absolute Gasteiger partial charge is 0.252 e. The molecule has 1 saturated heterocycles. The Hall–Kier alpha value is -2.98. The van der Waals surface area contributed by atoms with Gasteiger partial charge in [0.15, 0.2) is 0 Å². The normalized spacial score (nSPS) is 15.5. The summed E-state index contributed by atoms with van der Waals surface area (Å²) < 4.78 is 6.00. The van der Waals surface area contributed by atoms with Crippen molar-refractivity contribution in [2.45, 2.75) is 13.0 Å².